The first kappa shape index (κ1) is 24.2. The zero-order valence-corrected chi connectivity index (χ0v) is 21.1. The van der Waals surface area contributed by atoms with E-state index in [1.54, 1.807) is 79.9 Å². The van der Waals surface area contributed by atoms with Gasteiger partial charge in [0.25, 0.3) is 0 Å². The van der Waals surface area contributed by atoms with Gasteiger partial charge >= 0.3 is 5.97 Å². The topological polar surface area (TPSA) is 83.9 Å². The number of rotatable bonds is 6. The van der Waals surface area contributed by atoms with Crippen LogP contribution in [0, 0.1) is 6.92 Å². The minimum absolute atomic E-state index is 0.0251. The number of sulfonamides is 1. The molecule has 0 aliphatic carbocycles. The maximum Gasteiger partial charge on any atom is 0.333 e. The van der Waals surface area contributed by atoms with Gasteiger partial charge in [0.15, 0.2) is 0 Å². The summed E-state index contributed by atoms with van der Waals surface area (Å²) in [7, 11) is -2.54. The molecule has 6 nitrogen and oxygen atoms in total. The second-order valence-corrected chi connectivity index (χ2v) is 10.9. The second-order valence-electron chi connectivity index (χ2n) is 8.09. The summed E-state index contributed by atoms with van der Waals surface area (Å²) in [6.07, 6.45) is 1.84. The molecule has 34 heavy (non-hydrogen) atoms. The van der Waals surface area contributed by atoms with Crippen LogP contribution >= 0.6 is 15.9 Å². The fraction of sp³-hybridized carbons (Fsp3) is 0.192. The van der Waals surface area contributed by atoms with Crippen LogP contribution in [0.3, 0.4) is 0 Å². The lowest BCUT2D eigenvalue weighted by Crippen LogP contribution is -2.42. The quantitative estimate of drug-likeness (QED) is 0.435. The van der Waals surface area contributed by atoms with E-state index >= 15 is 0 Å². The summed E-state index contributed by atoms with van der Waals surface area (Å²) in [6, 6.07) is 19.2. The summed E-state index contributed by atoms with van der Waals surface area (Å²) in [6.45, 7) is 1.88. The van der Waals surface area contributed by atoms with Crippen molar-refractivity contribution in [1.82, 2.24) is 4.31 Å². The Hall–Kier alpha value is -2.94. The summed E-state index contributed by atoms with van der Waals surface area (Å²) in [5, 5.41) is 10.0. The Morgan fingerprint density at radius 3 is 2.32 bits per heavy atom. The first-order valence-corrected chi connectivity index (χ1v) is 12.9. The fourth-order valence-corrected chi connectivity index (χ4v) is 6.26. The Morgan fingerprint density at radius 2 is 1.71 bits per heavy atom. The first-order valence-electron chi connectivity index (χ1n) is 10.7. The third-order valence-corrected chi connectivity index (χ3v) is 8.34. The van der Waals surface area contributed by atoms with E-state index in [0.717, 1.165) is 15.6 Å². The normalized spacial score (nSPS) is 18.9. The van der Waals surface area contributed by atoms with Gasteiger partial charge in [0.05, 0.1) is 29.7 Å². The van der Waals surface area contributed by atoms with Crippen molar-refractivity contribution in [3.8, 4) is 5.75 Å². The lowest BCUT2D eigenvalue weighted by Gasteiger charge is -2.40. The SMILES string of the molecule is COc1cccc([C@@H]2CC=C(C(=O)O)[C@H](c3ccc(Br)cc3)N2S(=O)(=O)c2ccc(C)cc2)c1. The van der Waals surface area contributed by atoms with E-state index in [4.69, 9.17) is 4.74 Å². The molecule has 0 saturated heterocycles. The molecule has 176 valence electrons. The van der Waals surface area contributed by atoms with Gasteiger partial charge in [-0.05, 0) is 60.9 Å². The number of nitrogens with zero attached hydrogens (tertiary/aromatic N) is 1. The molecule has 3 aromatic carbocycles. The molecule has 0 spiro atoms. The van der Waals surface area contributed by atoms with Crippen molar-refractivity contribution in [2.45, 2.75) is 30.3 Å². The van der Waals surface area contributed by atoms with Crippen molar-refractivity contribution >= 4 is 31.9 Å². The van der Waals surface area contributed by atoms with Crippen molar-refractivity contribution < 1.29 is 23.1 Å². The summed E-state index contributed by atoms with van der Waals surface area (Å²) in [5.74, 6) is -0.556. The second kappa shape index (κ2) is 9.74. The molecular formula is C26H24BrNO5S. The number of benzene rings is 3. The van der Waals surface area contributed by atoms with Crippen LogP contribution in [-0.4, -0.2) is 30.9 Å². The van der Waals surface area contributed by atoms with E-state index in [1.165, 1.54) is 4.31 Å². The van der Waals surface area contributed by atoms with E-state index in [-0.39, 0.29) is 16.9 Å². The van der Waals surface area contributed by atoms with Crippen LogP contribution in [0.4, 0.5) is 0 Å². The van der Waals surface area contributed by atoms with Gasteiger partial charge in [-0.3, -0.25) is 0 Å². The molecule has 8 heteroatoms. The van der Waals surface area contributed by atoms with Crippen LogP contribution in [-0.2, 0) is 14.8 Å². The molecule has 0 radical (unpaired) electrons. The van der Waals surface area contributed by atoms with E-state index < -0.39 is 28.1 Å². The van der Waals surface area contributed by atoms with E-state index in [0.29, 0.717) is 11.3 Å². The van der Waals surface area contributed by atoms with E-state index in [2.05, 4.69) is 15.9 Å². The number of hydrogen-bond donors (Lipinski definition) is 1. The highest BCUT2D eigenvalue weighted by Crippen LogP contribution is 2.46. The number of ether oxygens (including phenoxy) is 1. The lowest BCUT2D eigenvalue weighted by molar-refractivity contribution is -0.133. The van der Waals surface area contributed by atoms with Gasteiger partial charge in [0.2, 0.25) is 10.0 Å². The molecule has 2 atom stereocenters. The molecule has 0 amide bonds. The van der Waals surface area contributed by atoms with Crippen LogP contribution in [0.5, 0.6) is 5.75 Å². The zero-order chi connectivity index (χ0) is 24.5. The number of carboxylic acid groups (broad SMARTS) is 1. The number of halogens is 1. The van der Waals surface area contributed by atoms with E-state index in [1.807, 2.05) is 13.0 Å². The summed E-state index contributed by atoms with van der Waals surface area (Å²) in [5.41, 5.74) is 2.24. The lowest BCUT2D eigenvalue weighted by atomic mass is 9.89. The maximum absolute atomic E-state index is 14.1. The zero-order valence-electron chi connectivity index (χ0n) is 18.7. The Morgan fingerprint density at radius 1 is 1.03 bits per heavy atom. The number of carboxylic acids is 1. The molecule has 4 rings (SSSR count). The molecule has 3 aromatic rings. The van der Waals surface area contributed by atoms with Gasteiger partial charge in [-0.1, -0.05) is 64.0 Å². The predicted molar refractivity (Wildman–Crippen MR) is 133 cm³/mol. The highest BCUT2D eigenvalue weighted by molar-refractivity contribution is 9.10. The molecule has 1 aliphatic rings. The minimum atomic E-state index is -4.09. The Balaban J connectivity index is 1.97. The van der Waals surface area contributed by atoms with Gasteiger partial charge in [-0.25, -0.2) is 13.2 Å². The van der Waals surface area contributed by atoms with Crippen molar-refractivity contribution in [3.63, 3.8) is 0 Å². The van der Waals surface area contributed by atoms with Gasteiger partial charge in [-0.15, -0.1) is 0 Å². The van der Waals surface area contributed by atoms with Gasteiger partial charge < -0.3 is 9.84 Å². The standard InChI is InChI=1S/C26H24BrNO5S/c1-17-6-12-22(13-7-17)34(31,32)28-24(19-4-3-5-21(16-19)33-2)15-14-23(26(29)30)25(28)18-8-10-20(27)11-9-18/h3-14,16,24-25H,15H2,1-2H3,(H,29,30)/t24-,25-/m0/s1. The molecule has 0 fully saturated rings. The van der Waals surface area contributed by atoms with Crippen LogP contribution in [0.1, 0.15) is 35.2 Å². The average Bonchev–Trinajstić information content (AvgIpc) is 2.84. The smallest absolute Gasteiger partial charge is 0.333 e. The van der Waals surface area contributed by atoms with Crippen molar-refractivity contribution in [1.29, 1.82) is 0 Å². The largest absolute Gasteiger partial charge is 0.497 e. The molecule has 0 bridgehead atoms. The Labute approximate surface area is 207 Å². The third kappa shape index (κ3) is 4.66. The molecular weight excluding hydrogens is 518 g/mol. The highest BCUT2D eigenvalue weighted by atomic mass is 79.9. The average molecular weight is 542 g/mol. The summed E-state index contributed by atoms with van der Waals surface area (Å²) < 4.78 is 35.8. The number of aryl methyl sites for hydroxylation is 1. The highest BCUT2D eigenvalue weighted by Gasteiger charge is 2.44. The number of carbonyl (C=O) groups is 1. The number of aliphatic carboxylic acids is 1. The molecule has 1 N–H and O–H groups in total. The minimum Gasteiger partial charge on any atom is -0.497 e. The molecule has 0 saturated carbocycles. The first-order chi connectivity index (χ1) is 16.2. The number of hydrogen-bond acceptors (Lipinski definition) is 4. The van der Waals surface area contributed by atoms with Crippen LogP contribution in [0.25, 0.3) is 0 Å². The van der Waals surface area contributed by atoms with Gasteiger partial charge in [-0.2, -0.15) is 4.31 Å². The van der Waals surface area contributed by atoms with E-state index in [9.17, 15) is 18.3 Å². The summed E-state index contributed by atoms with van der Waals surface area (Å²) >= 11 is 3.40. The molecule has 0 aromatic heterocycles. The monoisotopic (exact) mass is 541 g/mol. The van der Waals surface area contributed by atoms with Crippen LogP contribution < -0.4 is 4.74 Å². The summed E-state index contributed by atoms with van der Waals surface area (Å²) in [4.78, 5) is 12.4. The third-order valence-electron chi connectivity index (χ3n) is 5.92. The van der Waals surface area contributed by atoms with Crippen molar-refractivity contribution in [2.75, 3.05) is 7.11 Å². The molecule has 1 heterocycles. The van der Waals surface area contributed by atoms with Gasteiger partial charge in [0.1, 0.15) is 5.75 Å². The number of methoxy groups -OCH3 is 1. The van der Waals surface area contributed by atoms with Crippen molar-refractivity contribution in [2.24, 2.45) is 0 Å². The maximum atomic E-state index is 14.1. The molecule has 1 aliphatic heterocycles. The van der Waals surface area contributed by atoms with Crippen LogP contribution in [0.2, 0.25) is 0 Å². The Bertz CT molecular complexity index is 1330. The van der Waals surface area contributed by atoms with Crippen molar-refractivity contribution in [3.05, 3.63) is 106 Å². The predicted octanol–water partition coefficient (Wildman–Crippen LogP) is 5.65. The Kier molecular flexibility index (Phi) is 6.93. The fourth-order valence-electron chi connectivity index (χ4n) is 4.22. The molecule has 0 unspecified atom stereocenters. The van der Waals surface area contributed by atoms with Crippen LogP contribution in [0.15, 0.2) is 93.8 Å². The van der Waals surface area contributed by atoms with Gasteiger partial charge in [0, 0.05) is 4.47 Å².